The van der Waals surface area contributed by atoms with Crippen molar-refractivity contribution in [2.75, 3.05) is 0 Å². The molecule has 4 aromatic carbocycles. The smallest absolute Gasteiger partial charge is 0.339 e. The van der Waals surface area contributed by atoms with Crippen molar-refractivity contribution >= 4 is 73.1 Å². The highest BCUT2D eigenvalue weighted by molar-refractivity contribution is 8.18. The van der Waals surface area contributed by atoms with Gasteiger partial charge in [0, 0.05) is 5.02 Å². The van der Waals surface area contributed by atoms with Gasteiger partial charge in [-0.2, -0.15) is 8.42 Å². The van der Waals surface area contributed by atoms with E-state index in [1.54, 1.807) is 6.07 Å². The summed E-state index contributed by atoms with van der Waals surface area (Å²) in [6, 6.07) is 23.6. The van der Waals surface area contributed by atoms with Crippen LogP contribution in [0.15, 0.2) is 94.7 Å². The maximum atomic E-state index is 13.0. The predicted molar refractivity (Wildman–Crippen MR) is 146 cm³/mol. The summed E-state index contributed by atoms with van der Waals surface area (Å²) in [6.07, 6.45) is 1.54. The van der Waals surface area contributed by atoms with E-state index in [4.69, 9.17) is 27.4 Å². The minimum atomic E-state index is -4.12. The second kappa shape index (κ2) is 10.2. The molecule has 0 radical (unpaired) electrons. The van der Waals surface area contributed by atoms with Crippen molar-refractivity contribution in [3.63, 3.8) is 0 Å². The molecule has 5 rings (SSSR count). The Bertz CT molecular complexity index is 1690. The average molecular weight is 570 g/mol. The van der Waals surface area contributed by atoms with E-state index in [0.717, 1.165) is 28.1 Å². The normalized spacial score (nSPS) is 15.1. The fourth-order valence-electron chi connectivity index (χ4n) is 3.75. The van der Waals surface area contributed by atoms with Gasteiger partial charge in [-0.25, -0.2) is 0 Å². The number of thioether (sulfide) groups is 1. The molecule has 10 heteroatoms. The third-order valence-corrected chi connectivity index (χ3v) is 8.29. The van der Waals surface area contributed by atoms with Gasteiger partial charge in [0.25, 0.3) is 11.1 Å². The zero-order chi connectivity index (χ0) is 26.2. The fraction of sp³-hybridized carbons (Fsp3) is 0.0370. The van der Waals surface area contributed by atoms with Gasteiger partial charge in [0.2, 0.25) is 0 Å². The fourth-order valence-corrected chi connectivity index (χ4v) is 5.93. The Morgan fingerprint density at radius 3 is 2.32 bits per heavy atom. The summed E-state index contributed by atoms with van der Waals surface area (Å²) in [7, 11) is -4.12. The van der Waals surface area contributed by atoms with E-state index in [9.17, 15) is 18.0 Å². The molecule has 0 aliphatic carbocycles. The second-order valence-electron chi connectivity index (χ2n) is 8.13. The largest absolute Gasteiger partial charge is 0.377 e. The molecular weight excluding hydrogens is 553 g/mol. The zero-order valence-electron chi connectivity index (χ0n) is 18.9. The topological polar surface area (TPSA) is 80.8 Å². The van der Waals surface area contributed by atoms with Gasteiger partial charge in [-0.15, -0.1) is 0 Å². The molecule has 2 amide bonds. The van der Waals surface area contributed by atoms with Crippen LogP contribution in [-0.4, -0.2) is 24.5 Å². The van der Waals surface area contributed by atoms with Crippen LogP contribution in [0.25, 0.3) is 16.8 Å². The molecule has 1 aliphatic heterocycles. The first-order chi connectivity index (χ1) is 17.7. The van der Waals surface area contributed by atoms with Crippen molar-refractivity contribution in [1.82, 2.24) is 4.90 Å². The lowest BCUT2D eigenvalue weighted by Gasteiger charge is -2.13. The Hall–Kier alpha value is -3.30. The molecule has 1 fully saturated rings. The lowest BCUT2D eigenvalue weighted by Crippen LogP contribution is -2.27. The van der Waals surface area contributed by atoms with Gasteiger partial charge in [-0.05, 0) is 82.2 Å². The van der Waals surface area contributed by atoms with E-state index >= 15 is 0 Å². The van der Waals surface area contributed by atoms with Crippen LogP contribution < -0.4 is 4.18 Å². The molecule has 0 aromatic heterocycles. The van der Waals surface area contributed by atoms with Gasteiger partial charge < -0.3 is 4.18 Å². The van der Waals surface area contributed by atoms with Crippen LogP contribution in [-0.2, 0) is 21.5 Å². The van der Waals surface area contributed by atoms with Gasteiger partial charge in [0.05, 0.1) is 16.5 Å². The van der Waals surface area contributed by atoms with Crippen molar-refractivity contribution in [3.8, 4) is 5.75 Å². The number of nitrogens with zero attached hydrogens (tertiary/aromatic N) is 1. The number of amides is 2. The minimum absolute atomic E-state index is 0.0293. The van der Waals surface area contributed by atoms with Crippen LogP contribution in [0, 0.1) is 0 Å². The van der Waals surface area contributed by atoms with Crippen molar-refractivity contribution in [2.24, 2.45) is 0 Å². The molecule has 186 valence electrons. The number of carbonyl (C=O) groups is 2. The first kappa shape index (κ1) is 25.4. The first-order valence-electron chi connectivity index (χ1n) is 10.9. The van der Waals surface area contributed by atoms with Crippen LogP contribution >= 0.6 is 35.0 Å². The summed E-state index contributed by atoms with van der Waals surface area (Å²) >= 11 is 12.9. The summed E-state index contributed by atoms with van der Waals surface area (Å²) in [6.45, 7) is 0.156. The number of hydrogen-bond acceptors (Lipinski definition) is 6. The Kier molecular flexibility index (Phi) is 7.00. The average Bonchev–Trinajstić information content (AvgIpc) is 3.13. The molecule has 0 atom stereocenters. The van der Waals surface area contributed by atoms with E-state index < -0.39 is 16.0 Å². The van der Waals surface area contributed by atoms with E-state index in [0.29, 0.717) is 10.6 Å². The molecule has 0 bridgehead atoms. The molecule has 0 spiro atoms. The molecule has 1 saturated heterocycles. The molecule has 6 nitrogen and oxygen atoms in total. The summed E-state index contributed by atoms with van der Waals surface area (Å²) < 4.78 is 30.3. The minimum Gasteiger partial charge on any atom is -0.377 e. The predicted octanol–water partition coefficient (Wildman–Crippen LogP) is 7.15. The number of carbonyl (C=O) groups excluding carboxylic acids is 2. The molecule has 1 aliphatic rings. The highest BCUT2D eigenvalue weighted by Crippen LogP contribution is 2.35. The summed E-state index contributed by atoms with van der Waals surface area (Å²) in [4.78, 5) is 26.9. The number of halogens is 2. The van der Waals surface area contributed by atoms with Crippen molar-refractivity contribution in [1.29, 1.82) is 0 Å². The monoisotopic (exact) mass is 569 g/mol. The molecule has 1 heterocycles. The number of rotatable bonds is 6. The van der Waals surface area contributed by atoms with E-state index in [1.807, 2.05) is 42.5 Å². The van der Waals surface area contributed by atoms with Crippen molar-refractivity contribution in [3.05, 3.63) is 111 Å². The second-order valence-corrected chi connectivity index (χ2v) is 11.5. The van der Waals surface area contributed by atoms with E-state index in [2.05, 4.69) is 0 Å². The first-order valence-corrected chi connectivity index (χ1v) is 13.9. The van der Waals surface area contributed by atoms with E-state index in [1.165, 1.54) is 47.4 Å². The SMILES string of the molecule is O=C1S/C(=C\c2ccc(OS(=O)(=O)c3ccc(Cl)cc3)c(Cl)c2)C(=O)N1Cc1ccc2ccccc2c1. The van der Waals surface area contributed by atoms with Gasteiger partial charge in [-0.3, -0.25) is 14.5 Å². The van der Waals surface area contributed by atoms with Gasteiger partial charge in [0.15, 0.2) is 5.75 Å². The third kappa shape index (κ3) is 5.52. The van der Waals surface area contributed by atoms with Gasteiger partial charge in [-0.1, -0.05) is 65.7 Å². The number of fused-ring (bicyclic) bond motifs is 1. The standard InChI is InChI=1S/C27H17Cl2NO5S2/c28-21-8-10-22(11-9-21)37(33,34)35-24-12-6-17(14-23(24)29)15-25-26(31)30(27(32)36-25)16-18-5-7-19-3-1-2-4-20(19)13-18/h1-15H,16H2/b25-15-. The van der Waals surface area contributed by atoms with Crippen molar-refractivity contribution in [2.45, 2.75) is 11.4 Å². The molecule has 0 unspecified atom stereocenters. The Morgan fingerprint density at radius 1 is 0.865 bits per heavy atom. The van der Waals surface area contributed by atoms with Gasteiger partial charge >= 0.3 is 10.1 Å². The van der Waals surface area contributed by atoms with E-state index in [-0.39, 0.29) is 32.4 Å². The molecule has 0 saturated carbocycles. The maximum absolute atomic E-state index is 13.0. The van der Waals surface area contributed by atoms with Crippen LogP contribution in [0.1, 0.15) is 11.1 Å². The lowest BCUT2D eigenvalue weighted by atomic mass is 10.1. The van der Waals surface area contributed by atoms with Crippen LogP contribution in [0.4, 0.5) is 4.79 Å². The number of hydrogen-bond donors (Lipinski definition) is 0. The molecule has 4 aromatic rings. The quantitative estimate of drug-likeness (QED) is 0.181. The maximum Gasteiger partial charge on any atom is 0.339 e. The Morgan fingerprint density at radius 2 is 1.59 bits per heavy atom. The number of benzene rings is 4. The zero-order valence-corrected chi connectivity index (χ0v) is 22.1. The number of imide groups is 1. The summed E-state index contributed by atoms with van der Waals surface area (Å²) in [5.41, 5.74) is 1.35. The van der Waals surface area contributed by atoms with Crippen LogP contribution in [0.2, 0.25) is 10.0 Å². The highest BCUT2D eigenvalue weighted by atomic mass is 35.5. The molecule has 37 heavy (non-hydrogen) atoms. The van der Waals surface area contributed by atoms with Gasteiger partial charge in [0.1, 0.15) is 4.90 Å². The Balaban J connectivity index is 1.32. The van der Waals surface area contributed by atoms with Crippen molar-refractivity contribution < 1.29 is 22.2 Å². The van der Waals surface area contributed by atoms with Crippen LogP contribution in [0.3, 0.4) is 0 Å². The molecular formula is C27H17Cl2NO5S2. The summed E-state index contributed by atoms with van der Waals surface area (Å²) in [5.74, 6) is -0.483. The molecule has 0 N–H and O–H groups in total. The summed E-state index contributed by atoms with van der Waals surface area (Å²) in [5, 5.41) is 2.15. The third-order valence-electron chi connectivity index (χ3n) is 5.58. The Labute approximate surface area is 227 Å². The highest BCUT2D eigenvalue weighted by Gasteiger charge is 2.35. The lowest BCUT2D eigenvalue weighted by molar-refractivity contribution is -0.123. The van der Waals surface area contributed by atoms with Crippen LogP contribution in [0.5, 0.6) is 5.75 Å².